The highest BCUT2D eigenvalue weighted by Crippen LogP contribution is 2.38. The molecule has 168 valence electrons. The van der Waals surface area contributed by atoms with Gasteiger partial charge in [-0.1, -0.05) is 42.8 Å². The summed E-state index contributed by atoms with van der Waals surface area (Å²) in [6.45, 7) is 2.36. The minimum atomic E-state index is -0.488. The molecular formula is C26H22BrClN2O3. The average Bonchev–Trinajstić information content (AvgIpc) is 2.82. The van der Waals surface area contributed by atoms with Crippen LogP contribution in [0.15, 0.2) is 70.7 Å². The van der Waals surface area contributed by atoms with E-state index >= 15 is 0 Å². The van der Waals surface area contributed by atoms with Gasteiger partial charge < -0.3 is 14.8 Å². The molecule has 0 aliphatic rings. The van der Waals surface area contributed by atoms with Crippen LogP contribution in [-0.2, 0) is 17.8 Å². The number of anilines is 1. The van der Waals surface area contributed by atoms with Crippen LogP contribution in [0.3, 0.4) is 0 Å². The second-order valence-electron chi connectivity index (χ2n) is 7.13. The van der Waals surface area contributed by atoms with Gasteiger partial charge in [0, 0.05) is 10.7 Å². The van der Waals surface area contributed by atoms with E-state index in [0.29, 0.717) is 38.9 Å². The van der Waals surface area contributed by atoms with Gasteiger partial charge in [-0.2, -0.15) is 5.26 Å². The van der Waals surface area contributed by atoms with Gasteiger partial charge >= 0.3 is 0 Å². The van der Waals surface area contributed by atoms with Crippen LogP contribution < -0.4 is 14.8 Å². The maximum Gasteiger partial charge on any atom is 0.266 e. The number of ether oxygens (including phenoxy) is 2. The Bertz CT molecular complexity index is 1220. The Morgan fingerprint density at radius 1 is 1.15 bits per heavy atom. The smallest absolute Gasteiger partial charge is 0.266 e. The normalized spacial score (nSPS) is 10.9. The van der Waals surface area contributed by atoms with Gasteiger partial charge in [-0.05, 0) is 81.5 Å². The van der Waals surface area contributed by atoms with E-state index in [0.717, 1.165) is 12.0 Å². The Morgan fingerprint density at radius 2 is 1.91 bits per heavy atom. The third-order valence-electron chi connectivity index (χ3n) is 4.82. The summed E-state index contributed by atoms with van der Waals surface area (Å²) >= 11 is 9.53. The third-order valence-corrected chi connectivity index (χ3v) is 5.64. The molecule has 3 rings (SSSR count). The second-order valence-corrected chi connectivity index (χ2v) is 8.42. The topological polar surface area (TPSA) is 71.4 Å². The molecule has 0 radical (unpaired) electrons. The summed E-state index contributed by atoms with van der Waals surface area (Å²) in [7, 11) is 1.53. The van der Waals surface area contributed by atoms with E-state index in [1.807, 2.05) is 48.5 Å². The number of nitriles is 1. The molecule has 33 heavy (non-hydrogen) atoms. The van der Waals surface area contributed by atoms with Crippen molar-refractivity contribution in [1.82, 2.24) is 0 Å². The summed E-state index contributed by atoms with van der Waals surface area (Å²) in [6, 6.07) is 20.3. The molecule has 0 bridgehead atoms. The summed E-state index contributed by atoms with van der Waals surface area (Å²) in [5.41, 5.74) is 3.29. The van der Waals surface area contributed by atoms with E-state index in [1.165, 1.54) is 18.7 Å². The molecule has 1 amide bonds. The van der Waals surface area contributed by atoms with Gasteiger partial charge in [-0.25, -0.2) is 0 Å². The SMILES string of the molecule is CCc1ccc(NC(=O)/C(C#N)=C/c2cc(Br)c(OCc3cccc(Cl)c3)c(OC)c2)cc1. The molecule has 0 atom stereocenters. The molecule has 0 spiro atoms. The van der Waals surface area contributed by atoms with Gasteiger partial charge in [-0.15, -0.1) is 0 Å². The number of methoxy groups -OCH3 is 1. The van der Waals surface area contributed by atoms with Crippen molar-refractivity contribution in [1.29, 1.82) is 5.26 Å². The minimum absolute atomic E-state index is 0.0314. The molecule has 7 heteroatoms. The van der Waals surface area contributed by atoms with Crippen LogP contribution in [0.25, 0.3) is 6.08 Å². The van der Waals surface area contributed by atoms with Crippen LogP contribution in [-0.4, -0.2) is 13.0 Å². The van der Waals surface area contributed by atoms with Crippen molar-refractivity contribution in [2.75, 3.05) is 12.4 Å². The molecule has 0 aromatic heterocycles. The largest absolute Gasteiger partial charge is 0.493 e. The maximum atomic E-state index is 12.6. The Balaban J connectivity index is 1.79. The van der Waals surface area contributed by atoms with Crippen molar-refractivity contribution < 1.29 is 14.3 Å². The highest BCUT2D eigenvalue weighted by molar-refractivity contribution is 9.10. The fourth-order valence-corrected chi connectivity index (χ4v) is 3.87. The molecule has 0 fully saturated rings. The first-order valence-corrected chi connectivity index (χ1v) is 11.4. The van der Waals surface area contributed by atoms with Crippen LogP contribution in [0.1, 0.15) is 23.6 Å². The fourth-order valence-electron chi connectivity index (χ4n) is 3.08. The van der Waals surface area contributed by atoms with E-state index in [9.17, 15) is 10.1 Å². The molecule has 0 heterocycles. The van der Waals surface area contributed by atoms with E-state index < -0.39 is 5.91 Å². The van der Waals surface area contributed by atoms with Crippen LogP contribution in [0.5, 0.6) is 11.5 Å². The fraction of sp³-hybridized carbons (Fsp3) is 0.154. The lowest BCUT2D eigenvalue weighted by Gasteiger charge is -2.14. The molecule has 3 aromatic carbocycles. The number of nitrogens with zero attached hydrogens (tertiary/aromatic N) is 1. The molecule has 5 nitrogen and oxygen atoms in total. The van der Waals surface area contributed by atoms with Gasteiger partial charge in [0.15, 0.2) is 11.5 Å². The molecule has 0 aliphatic heterocycles. The number of benzene rings is 3. The lowest BCUT2D eigenvalue weighted by molar-refractivity contribution is -0.112. The Morgan fingerprint density at radius 3 is 2.55 bits per heavy atom. The number of rotatable bonds is 8. The molecule has 0 saturated carbocycles. The molecule has 0 saturated heterocycles. The van der Waals surface area contributed by atoms with Crippen molar-refractivity contribution in [3.63, 3.8) is 0 Å². The molecule has 0 unspecified atom stereocenters. The Kier molecular flexibility index (Phi) is 8.53. The average molecular weight is 526 g/mol. The van der Waals surface area contributed by atoms with Gasteiger partial charge in [0.1, 0.15) is 18.2 Å². The summed E-state index contributed by atoms with van der Waals surface area (Å²) in [5.74, 6) is 0.484. The van der Waals surface area contributed by atoms with Crippen molar-refractivity contribution in [3.05, 3.63) is 92.4 Å². The van der Waals surface area contributed by atoms with E-state index in [1.54, 1.807) is 18.2 Å². The zero-order valence-corrected chi connectivity index (χ0v) is 20.5. The van der Waals surface area contributed by atoms with Crippen LogP contribution >= 0.6 is 27.5 Å². The number of amides is 1. The van der Waals surface area contributed by atoms with Gasteiger partial charge in [0.2, 0.25) is 0 Å². The van der Waals surface area contributed by atoms with Crippen LogP contribution in [0, 0.1) is 11.3 Å². The highest BCUT2D eigenvalue weighted by Gasteiger charge is 2.14. The first-order chi connectivity index (χ1) is 15.9. The van der Waals surface area contributed by atoms with Crippen molar-refractivity contribution >= 4 is 45.2 Å². The first-order valence-electron chi connectivity index (χ1n) is 10.2. The Labute approximate surface area is 206 Å². The monoisotopic (exact) mass is 524 g/mol. The summed E-state index contributed by atoms with van der Waals surface area (Å²) in [5, 5.41) is 12.9. The van der Waals surface area contributed by atoms with Gasteiger partial charge in [-0.3, -0.25) is 4.79 Å². The second kappa shape index (κ2) is 11.6. The van der Waals surface area contributed by atoms with Crippen molar-refractivity contribution in [2.24, 2.45) is 0 Å². The number of nitrogens with one attached hydrogen (secondary N) is 1. The maximum absolute atomic E-state index is 12.6. The summed E-state index contributed by atoms with van der Waals surface area (Å²) in [4.78, 5) is 12.6. The molecule has 1 N–H and O–H groups in total. The molecule has 0 aliphatic carbocycles. The first kappa shape index (κ1) is 24.4. The quantitative estimate of drug-likeness (QED) is 0.259. The van der Waals surface area contributed by atoms with E-state index in [4.69, 9.17) is 21.1 Å². The minimum Gasteiger partial charge on any atom is -0.493 e. The highest BCUT2D eigenvalue weighted by atomic mass is 79.9. The molecule has 3 aromatic rings. The lowest BCUT2D eigenvalue weighted by Crippen LogP contribution is -2.13. The summed E-state index contributed by atoms with van der Waals surface area (Å²) < 4.78 is 12.0. The number of hydrogen-bond donors (Lipinski definition) is 1. The van der Waals surface area contributed by atoms with Gasteiger partial charge in [0.25, 0.3) is 5.91 Å². The number of halogens is 2. The standard InChI is InChI=1S/C26H22BrClN2O3/c1-3-17-7-9-22(10-8-17)30-26(31)20(15-29)11-19-13-23(27)25(24(14-19)32-2)33-16-18-5-4-6-21(28)12-18/h4-14H,3,16H2,1-2H3,(H,30,31)/b20-11+. The number of carbonyl (C=O) groups is 1. The Hall–Kier alpha value is -3.27. The number of hydrogen-bond acceptors (Lipinski definition) is 4. The lowest BCUT2D eigenvalue weighted by atomic mass is 10.1. The van der Waals surface area contributed by atoms with Crippen molar-refractivity contribution in [3.8, 4) is 17.6 Å². The van der Waals surface area contributed by atoms with Crippen LogP contribution in [0.4, 0.5) is 5.69 Å². The zero-order valence-electron chi connectivity index (χ0n) is 18.2. The number of aryl methyl sites for hydroxylation is 1. The predicted molar refractivity (Wildman–Crippen MR) is 135 cm³/mol. The van der Waals surface area contributed by atoms with Gasteiger partial charge in [0.05, 0.1) is 11.6 Å². The predicted octanol–water partition coefficient (Wildman–Crippen LogP) is 6.80. The number of carbonyl (C=O) groups excluding carboxylic acids is 1. The van der Waals surface area contributed by atoms with E-state index in [-0.39, 0.29) is 5.57 Å². The van der Waals surface area contributed by atoms with Crippen molar-refractivity contribution in [2.45, 2.75) is 20.0 Å². The third kappa shape index (κ3) is 6.61. The summed E-state index contributed by atoms with van der Waals surface area (Å²) in [6.07, 6.45) is 2.41. The van der Waals surface area contributed by atoms with Crippen LogP contribution in [0.2, 0.25) is 5.02 Å². The zero-order chi connectivity index (χ0) is 23.8. The molecular weight excluding hydrogens is 504 g/mol. The van der Waals surface area contributed by atoms with E-state index in [2.05, 4.69) is 28.2 Å².